The molecule has 0 radical (unpaired) electrons. The molecule has 29 heavy (non-hydrogen) atoms. The van der Waals surface area contributed by atoms with E-state index in [1.807, 2.05) is 47.8 Å². The monoisotopic (exact) mass is 413 g/mol. The molecule has 0 bridgehead atoms. The van der Waals surface area contributed by atoms with Gasteiger partial charge in [-0.15, -0.1) is 10.2 Å². The number of hydrogen-bond donors (Lipinski definition) is 1. The minimum Gasteiger partial charge on any atom is -0.468 e. The highest BCUT2D eigenvalue weighted by Crippen LogP contribution is 2.24. The minimum absolute atomic E-state index is 0.00818. The molecule has 2 aromatic heterocycles. The minimum atomic E-state index is -0.0452. The largest absolute Gasteiger partial charge is 0.468 e. The van der Waals surface area contributed by atoms with Gasteiger partial charge >= 0.3 is 0 Å². The van der Waals surface area contributed by atoms with Crippen LogP contribution in [0.2, 0.25) is 0 Å². The summed E-state index contributed by atoms with van der Waals surface area (Å²) in [5, 5.41) is 12.4. The first-order chi connectivity index (χ1) is 14.0. The number of aryl methyl sites for hydroxylation is 1. The number of carbonyl (C=O) groups excluding carboxylic acids is 1. The highest BCUT2D eigenvalue weighted by Gasteiger charge is 2.19. The van der Waals surface area contributed by atoms with Crippen molar-refractivity contribution in [2.24, 2.45) is 0 Å². The number of rotatable bonds is 9. The highest BCUT2D eigenvalue weighted by molar-refractivity contribution is 7.99. The Balaban J connectivity index is 1.60. The van der Waals surface area contributed by atoms with Crippen molar-refractivity contribution in [3.63, 3.8) is 0 Å². The van der Waals surface area contributed by atoms with Crippen molar-refractivity contribution in [1.82, 2.24) is 25.0 Å². The third kappa shape index (κ3) is 5.27. The van der Waals surface area contributed by atoms with E-state index >= 15 is 0 Å². The van der Waals surface area contributed by atoms with Crippen LogP contribution >= 0.6 is 11.8 Å². The lowest BCUT2D eigenvalue weighted by Crippen LogP contribution is -2.35. The van der Waals surface area contributed by atoms with Gasteiger partial charge in [0.25, 0.3) is 0 Å². The standard InChI is InChI=1S/C21H27N5O2S/c1-5-26-20(16-9-6-8-15(2)12-16)23-24-21(26)29-14-19(27)22-13-17(25(3)4)18-10-7-11-28-18/h6-12,17H,5,13-14H2,1-4H3,(H,22,27). The van der Waals surface area contributed by atoms with E-state index in [1.165, 1.54) is 17.3 Å². The smallest absolute Gasteiger partial charge is 0.230 e. The van der Waals surface area contributed by atoms with Gasteiger partial charge in [0.15, 0.2) is 11.0 Å². The molecule has 1 aromatic carbocycles. The molecule has 0 aliphatic carbocycles. The lowest BCUT2D eigenvalue weighted by molar-refractivity contribution is -0.118. The number of hydrogen-bond acceptors (Lipinski definition) is 6. The van der Waals surface area contributed by atoms with Gasteiger partial charge in [-0.2, -0.15) is 0 Å². The fraction of sp³-hybridized carbons (Fsp3) is 0.381. The van der Waals surface area contributed by atoms with Crippen LogP contribution in [0.3, 0.4) is 0 Å². The van der Waals surface area contributed by atoms with Gasteiger partial charge in [0.1, 0.15) is 5.76 Å². The molecule has 0 saturated heterocycles. The van der Waals surface area contributed by atoms with Crippen molar-refractivity contribution in [2.75, 3.05) is 26.4 Å². The molecule has 1 atom stereocenters. The summed E-state index contributed by atoms with van der Waals surface area (Å²) in [7, 11) is 3.93. The first-order valence-electron chi connectivity index (χ1n) is 9.59. The van der Waals surface area contributed by atoms with Crippen LogP contribution in [0.15, 0.2) is 52.2 Å². The highest BCUT2D eigenvalue weighted by atomic mass is 32.2. The molecule has 0 spiro atoms. The van der Waals surface area contributed by atoms with Gasteiger partial charge < -0.3 is 14.3 Å². The molecule has 0 fully saturated rings. The predicted octanol–water partition coefficient (Wildman–Crippen LogP) is 3.38. The lowest BCUT2D eigenvalue weighted by Gasteiger charge is -2.22. The van der Waals surface area contributed by atoms with Gasteiger partial charge in [-0.1, -0.05) is 35.5 Å². The summed E-state index contributed by atoms with van der Waals surface area (Å²) >= 11 is 1.40. The number of aromatic nitrogens is 3. The zero-order valence-electron chi connectivity index (χ0n) is 17.3. The van der Waals surface area contributed by atoms with Crippen molar-refractivity contribution in [2.45, 2.75) is 31.6 Å². The zero-order valence-corrected chi connectivity index (χ0v) is 18.1. The van der Waals surface area contributed by atoms with Crippen molar-refractivity contribution in [3.8, 4) is 11.4 Å². The van der Waals surface area contributed by atoms with E-state index in [9.17, 15) is 4.79 Å². The first kappa shape index (κ1) is 21.1. The van der Waals surface area contributed by atoms with Crippen LogP contribution in [0, 0.1) is 6.92 Å². The molecule has 0 aliphatic heterocycles. The maximum absolute atomic E-state index is 12.4. The fourth-order valence-corrected chi connectivity index (χ4v) is 3.92. The number of thioether (sulfide) groups is 1. The topological polar surface area (TPSA) is 76.2 Å². The van der Waals surface area contributed by atoms with Crippen LogP contribution in [0.4, 0.5) is 0 Å². The van der Waals surface area contributed by atoms with Crippen LogP contribution in [0.5, 0.6) is 0 Å². The number of nitrogens with zero attached hydrogens (tertiary/aromatic N) is 4. The molecule has 154 valence electrons. The predicted molar refractivity (Wildman–Crippen MR) is 115 cm³/mol. The summed E-state index contributed by atoms with van der Waals surface area (Å²) in [6, 6.07) is 12.0. The molecule has 1 N–H and O–H groups in total. The van der Waals surface area contributed by atoms with Gasteiger partial charge in [0.05, 0.1) is 18.1 Å². The number of benzene rings is 1. The number of nitrogens with one attached hydrogen (secondary N) is 1. The maximum Gasteiger partial charge on any atom is 0.230 e. The Morgan fingerprint density at radius 3 is 2.76 bits per heavy atom. The zero-order chi connectivity index (χ0) is 20.8. The molecule has 0 saturated carbocycles. The SMILES string of the molecule is CCn1c(SCC(=O)NCC(c2ccco2)N(C)C)nnc1-c1cccc(C)c1. The Hall–Kier alpha value is -2.58. The summed E-state index contributed by atoms with van der Waals surface area (Å²) in [5.74, 6) is 1.89. The molecular formula is C21H27N5O2S. The molecule has 3 aromatic rings. The summed E-state index contributed by atoms with van der Waals surface area (Å²) < 4.78 is 7.52. The maximum atomic E-state index is 12.4. The first-order valence-corrected chi connectivity index (χ1v) is 10.6. The molecule has 3 rings (SSSR count). The summed E-state index contributed by atoms with van der Waals surface area (Å²) in [6.07, 6.45) is 1.65. The Bertz CT molecular complexity index is 936. The van der Waals surface area contributed by atoms with Crippen LogP contribution in [-0.4, -0.2) is 52.0 Å². The van der Waals surface area contributed by atoms with Crippen LogP contribution in [-0.2, 0) is 11.3 Å². The third-order valence-electron chi connectivity index (χ3n) is 4.63. The summed E-state index contributed by atoms with van der Waals surface area (Å²) in [5.41, 5.74) is 2.21. The molecule has 2 heterocycles. The van der Waals surface area contributed by atoms with Crippen LogP contribution in [0.1, 0.15) is 24.3 Å². The second-order valence-electron chi connectivity index (χ2n) is 7.01. The van der Waals surface area contributed by atoms with E-state index in [2.05, 4.69) is 41.5 Å². The molecule has 8 heteroatoms. The number of carbonyl (C=O) groups is 1. The van der Waals surface area contributed by atoms with Crippen LogP contribution in [0.25, 0.3) is 11.4 Å². The van der Waals surface area contributed by atoms with Crippen molar-refractivity contribution >= 4 is 17.7 Å². The average Bonchev–Trinajstić information content (AvgIpc) is 3.36. The van der Waals surface area contributed by atoms with Gasteiger partial charge in [-0.05, 0) is 46.1 Å². The van der Waals surface area contributed by atoms with E-state index in [0.717, 1.165) is 28.8 Å². The van der Waals surface area contributed by atoms with Crippen LogP contribution < -0.4 is 5.32 Å². The molecule has 7 nitrogen and oxygen atoms in total. The Kier molecular flexibility index (Phi) is 7.11. The number of furan rings is 1. The van der Waals surface area contributed by atoms with Crippen molar-refractivity contribution < 1.29 is 9.21 Å². The number of likely N-dealkylation sites (N-methyl/N-ethyl adjacent to an activating group) is 1. The lowest BCUT2D eigenvalue weighted by atomic mass is 10.1. The van der Waals surface area contributed by atoms with Gasteiger partial charge in [0, 0.05) is 18.7 Å². The van der Waals surface area contributed by atoms with E-state index in [0.29, 0.717) is 6.54 Å². The molecule has 1 amide bonds. The van der Waals surface area contributed by atoms with E-state index in [-0.39, 0.29) is 17.7 Å². The van der Waals surface area contributed by atoms with E-state index in [4.69, 9.17) is 4.42 Å². The van der Waals surface area contributed by atoms with Crippen molar-refractivity contribution in [3.05, 3.63) is 54.0 Å². The third-order valence-corrected chi connectivity index (χ3v) is 5.60. The Labute approximate surface area is 175 Å². The van der Waals surface area contributed by atoms with Gasteiger partial charge in [0.2, 0.25) is 5.91 Å². The molecule has 0 aliphatic rings. The normalized spacial score (nSPS) is 12.3. The van der Waals surface area contributed by atoms with E-state index < -0.39 is 0 Å². The fourth-order valence-electron chi connectivity index (χ4n) is 3.09. The average molecular weight is 414 g/mol. The number of amides is 1. The second-order valence-corrected chi connectivity index (χ2v) is 7.95. The van der Waals surface area contributed by atoms with E-state index in [1.54, 1.807) is 6.26 Å². The second kappa shape index (κ2) is 9.76. The Morgan fingerprint density at radius 1 is 1.28 bits per heavy atom. The van der Waals surface area contributed by atoms with Gasteiger partial charge in [-0.3, -0.25) is 9.69 Å². The molecular weight excluding hydrogens is 386 g/mol. The molecule has 1 unspecified atom stereocenters. The quantitative estimate of drug-likeness (QED) is 0.542. The summed E-state index contributed by atoms with van der Waals surface area (Å²) in [4.78, 5) is 14.4. The Morgan fingerprint density at radius 2 is 2.10 bits per heavy atom. The van der Waals surface area contributed by atoms with Crippen molar-refractivity contribution in [1.29, 1.82) is 0 Å². The van der Waals surface area contributed by atoms with Gasteiger partial charge in [-0.25, -0.2) is 0 Å². The summed E-state index contributed by atoms with van der Waals surface area (Å²) in [6.45, 7) is 5.33.